The van der Waals surface area contributed by atoms with Crippen LogP contribution in [0.25, 0.3) is 0 Å². The predicted octanol–water partition coefficient (Wildman–Crippen LogP) is 2.07. The van der Waals surface area contributed by atoms with Crippen LogP contribution in [0.4, 0.5) is 5.69 Å². The molecule has 6 heteroatoms. The summed E-state index contributed by atoms with van der Waals surface area (Å²) in [6.07, 6.45) is 2.05. The van der Waals surface area contributed by atoms with Crippen LogP contribution in [0.3, 0.4) is 0 Å². The maximum Gasteiger partial charge on any atom is 0.270 e. The Bertz CT molecular complexity index is 568. The maximum atomic E-state index is 12.1. The van der Waals surface area contributed by atoms with E-state index in [9.17, 15) is 4.79 Å². The number of hydrogen-bond acceptors (Lipinski definition) is 4. The van der Waals surface area contributed by atoms with E-state index in [0.717, 1.165) is 25.9 Å². The molecule has 3 N–H and O–H groups in total. The second-order valence-electron chi connectivity index (χ2n) is 4.53. The Kier molecular flexibility index (Phi) is 4.49. The zero-order valence-electron chi connectivity index (χ0n) is 10.9. The largest absolute Gasteiger partial charge is 0.384 e. The number of halogens is 1. The molecule has 0 unspecified atom stereocenters. The van der Waals surface area contributed by atoms with E-state index < -0.39 is 5.91 Å². The summed E-state index contributed by atoms with van der Waals surface area (Å²) in [4.78, 5) is 14.0. The molecule has 1 aliphatic rings. The summed E-state index contributed by atoms with van der Waals surface area (Å²) in [7, 11) is 0. The van der Waals surface area contributed by atoms with Gasteiger partial charge in [0.2, 0.25) is 0 Å². The summed E-state index contributed by atoms with van der Waals surface area (Å²) >= 11 is 5.77. The number of nitriles is 1. The van der Waals surface area contributed by atoms with E-state index >= 15 is 0 Å². The minimum absolute atomic E-state index is 0.0538. The van der Waals surface area contributed by atoms with Crippen molar-refractivity contribution in [3.05, 3.63) is 40.7 Å². The average Bonchev–Trinajstić information content (AvgIpc) is 2.96. The van der Waals surface area contributed by atoms with E-state index in [0.29, 0.717) is 10.7 Å². The average molecular weight is 291 g/mol. The molecule has 1 aromatic rings. The van der Waals surface area contributed by atoms with E-state index in [-0.39, 0.29) is 11.4 Å². The Morgan fingerprint density at radius 3 is 2.45 bits per heavy atom. The molecular formula is C14H15ClN4O. The Hall–Kier alpha value is -2.19. The lowest BCUT2D eigenvalue weighted by atomic mass is 10.2. The number of benzene rings is 1. The third kappa shape index (κ3) is 3.22. The third-order valence-corrected chi connectivity index (χ3v) is 3.40. The van der Waals surface area contributed by atoms with Gasteiger partial charge in [0, 0.05) is 23.8 Å². The Morgan fingerprint density at radius 1 is 1.30 bits per heavy atom. The van der Waals surface area contributed by atoms with Crippen molar-refractivity contribution in [3.63, 3.8) is 0 Å². The van der Waals surface area contributed by atoms with Crippen molar-refractivity contribution < 1.29 is 4.79 Å². The lowest BCUT2D eigenvalue weighted by Gasteiger charge is -2.18. The number of amides is 1. The van der Waals surface area contributed by atoms with Gasteiger partial charge in [-0.1, -0.05) is 11.6 Å². The van der Waals surface area contributed by atoms with Crippen LogP contribution in [-0.2, 0) is 4.79 Å². The second kappa shape index (κ2) is 6.31. The highest BCUT2D eigenvalue weighted by Crippen LogP contribution is 2.17. The molecule has 0 aliphatic carbocycles. The molecule has 5 nitrogen and oxygen atoms in total. The summed E-state index contributed by atoms with van der Waals surface area (Å²) in [6.45, 7) is 1.57. The molecule has 0 radical (unpaired) electrons. The normalized spacial score (nSPS) is 15.5. The highest BCUT2D eigenvalue weighted by atomic mass is 35.5. The first-order chi connectivity index (χ1) is 9.61. The van der Waals surface area contributed by atoms with Gasteiger partial charge in [-0.25, -0.2) is 0 Å². The van der Waals surface area contributed by atoms with Crippen molar-refractivity contribution in [3.8, 4) is 6.07 Å². The topological polar surface area (TPSA) is 82.1 Å². The molecule has 104 valence electrons. The molecule has 0 bridgehead atoms. The summed E-state index contributed by atoms with van der Waals surface area (Å²) in [6, 6.07) is 8.55. The number of carbonyl (C=O) groups excluding carboxylic acids is 1. The van der Waals surface area contributed by atoms with E-state index in [1.54, 1.807) is 24.3 Å². The van der Waals surface area contributed by atoms with Crippen LogP contribution >= 0.6 is 11.6 Å². The van der Waals surface area contributed by atoms with Gasteiger partial charge in [0.05, 0.1) is 0 Å². The first kappa shape index (κ1) is 14.2. The SMILES string of the molecule is N#C/C(C(=O)Nc1ccc(Cl)cc1)=C(\N)N1CCCC1. The maximum absolute atomic E-state index is 12.1. The van der Waals surface area contributed by atoms with Gasteiger partial charge in [0.25, 0.3) is 5.91 Å². The standard InChI is InChI=1S/C14H15ClN4O/c15-10-3-5-11(6-4-10)18-14(20)12(9-16)13(17)19-7-1-2-8-19/h3-6H,1-2,7-8,17H2,(H,18,20)/b13-12-. The zero-order valence-corrected chi connectivity index (χ0v) is 11.7. The lowest BCUT2D eigenvalue weighted by molar-refractivity contribution is -0.112. The van der Waals surface area contributed by atoms with E-state index in [1.807, 2.05) is 11.0 Å². The summed E-state index contributed by atoms with van der Waals surface area (Å²) in [5.74, 6) is -0.254. The van der Waals surface area contributed by atoms with E-state index in [4.69, 9.17) is 22.6 Å². The van der Waals surface area contributed by atoms with Crippen molar-refractivity contribution in [2.75, 3.05) is 18.4 Å². The van der Waals surface area contributed by atoms with Crippen molar-refractivity contribution in [2.45, 2.75) is 12.8 Å². The first-order valence-corrected chi connectivity index (χ1v) is 6.71. The van der Waals surface area contributed by atoms with Crippen LogP contribution in [0.1, 0.15) is 12.8 Å². The van der Waals surface area contributed by atoms with Gasteiger partial charge >= 0.3 is 0 Å². The zero-order chi connectivity index (χ0) is 14.5. The molecule has 0 aromatic heterocycles. The van der Waals surface area contributed by atoms with Gasteiger partial charge in [-0.2, -0.15) is 5.26 Å². The lowest BCUT2D eigenvalue weighted by Crippen LogP contribution is -2.29. The molecule has 1 aromatic carbocycles. The number of rotatable bonds is 3. The fourth-order valence-electron chi connectivity index (χ4n) is 2.07. The molecule has 2 rings (SSSR count). The minimum Gasteiger partial charge on any atom is -0.384 e. The predicted molar refractivity (Wildman–Crippen MR) is 77.7 cm³/mol. The third-order valence-electron chi connectivity index (χ3n) is 3.14. The van der Waals surface area contributed by atoms with Gasteiger partial charge < -0.3 is 16.0 Å². The second-order valence-corrected chi connectivity index (χ2v) is 4.96. The highest BCUT2D eigenvalue weighted by Gasteiger charge is 2.20. The van der Waals surface area contributed by atoms with E-state index in [2.05, 4.69) is 5.32 Å². The number of nitrogens with one attached hydrogen (secondary N) is 1. The molecule has 0 atom stereocenters. The molecular weight excluding hydrogens is 276 g/mol. The number of likely N-dealkylation sites (tertiary alicyclic amines) is 1. The molecule has 1 amide bonds. The van der Waals surface area contributed by atoms with Crippen LogP contribution in [0.15, 0.2) is 35.7 Å². The Balaban J connectivity index is 2.15. The van der Waals surface area contributed by atoms with Gasteiger partial charge in [-0.05, 0) is 37.1 Å². The fourth-order valence-corrected chi connectivity index (χ4v) is 2.19. The number of hydrogen-bond donors (Lipinski definition) is 2. The van der Waals surface area contributed by atoms with E-state index in [1.165, 1.54) is 0 Å². The molecule has 20 heavy (non-hydrogen) atoms. The van der Waals surface area contributed by atoms with Crippen molar-refractivity contribution >= 4 is 23.2 Å². The number of nitrogens with two attached hydrogens (primary N) is 1. The number of anilines is 1. The summed E-state index contributed by atoms with van der Waals surface area (Å²) in [5, 5.41) is 12.4. The van der Waals surface area contributed by atoms with Gasteiger partial charge in [-0.3, -0.25) is 4.79 Å². The van der Waals surface area contributed by atoms with Crippen LogP contribution in [0, 0.1) is 11.3 Å². The molecule has 1 saturated heterocycles. The van der Waals surface area contributed by atoms with Gasteiger partial charge in [0.1, 0.15) is 11.9 Å². The quantitative estimate of drug-likeness (QED) is 0.659. The summed E-state index contributed by atoms with van der Waals surface area (Å²) in [5.41, 5.74) is 6.43. The van der Waals surface area contributed by atoms with Crippen LogP contribution < -0.4 is 11.1 Å². The van der Waals surface area contributed by atoms with Crippen LogP contribution in [0.5, 0.6) is 0 Å². The van der Waals surface area contributed by atoms with Crippen molar-refractivity contribution in [1.29, 1.82) is 5.26 Å². The summed E-state index contributed by atoms with van der Waals surface area (Å²) < 4.78 is 0. The Morgan fingerprint density at radius 2 is 1.90 bits per heavy atom. The number of nitrogens with zero attached hydrogens (tertiary/aromatic N) is 2. The van der Waals surface area contributed by atoms with Crippen molar-refractivity contribution in [1.82, 2.24) is 4.90 Å². The highest BCUT2D eigenvalue weighted by molar-refractivity contribution is 6.30. The molecule has 0 spiro atoms. The van der Waals surface area contributed by atoms with Gasteiger partial charge in [-0.15, -0.1) is 0 Å². The fraction of sp³-hybridized carbons (Fsp3) is 0.286. The minimum atomic E-state index is -0.501. The van der Waals surface area contributed by atoms with Crippen molar-refractivity contribution in [2.24, 2.45) is 5.73 Å². The monoisotopic (exact) mass is 290 g/mol. The molecule has 1 aliphatic heterocycles. The molecule has 0 saturated carbocycles. The Labute approximate surface area is 122 Å². The van der Waals surface area contributed by atoms with Crippen LogP contribution in [-0.4, -0.2) is 23.9 Å². The van der Waals surface area contributed by atoms with Crippen LogP contribution in [0.2, 0.25) is 5.02 Å². The smallest absolute Gasteiger partial charge is 0.270 e. The number of carbonyl (C=O) groups is 1. The molecule has 1 heterocycles. The molecule has 1 fully saturated rings. The first-order valence-electron chi connectivity index (χ1n) is 6.33. The van der Waals surface area contributed by atoms with Gasteiger partial charge in [0.15, 0.2) is 5.57 Å².